The predicted octanol–water partition coefficient (Wildman–Crippen LogP) is 3.43. The highest BCUT2D eigenvalue weighted by atomic mass is 32.2. The number of carbonyl (C=O) groups is 1. The Balaban J connectivity index is 1.39. The average Bonchev–Trinajstić information content (AvgIpc) is 3.22. The summed E-state index contributed by atoms with van der Waals surface area (Å²) < 4.78 is 7.40. The van der Waals surface area contributed by atoms with Gasteiger partial charge < -0.3 is 15.0 Å². The van der Waals surface area contributed by atoms with Gasteiger partial charge in [-0.1, -0.05) is 36.4 Å². The minimum atomic E-state index is -0.159. The number of nitrogens with zero attached hydrogens (tertiary/aromatic N) is 5. The molecule has 1 aliphatic heterocycles. The first-order valence-corrected chi connectivity index (χ1v) is 12.2. The van der Waals surface area contributed by atoms with Gasteiger partial charge in [-0.25, -0.2) is 14.6 Å². The van der Waals surface area contributed by atoms with E-state index in [0.29, 0.717) is 18.8 Å². The Morgan fingerprint density at radius 2 is 1.94 bits per heavy atom. The molecule has 1 fully saturated rings. The Kier molecular flexibility index (Phi) is 7.47. The highest BCUT2D eigenvalue weighted by Gasteiger charge is 2.20. The zero-order valence-corrected chi connectivity index (χ0v) is 19.5. The third kappa shape index (κ3) is 5.51. The van der Waals surface area contributed by atoms with E-state index in [0.717, 1.165) is 46.4 Å². The molecule has 1 amide bonds. The highest BCUT2D eigenvalue weighted by Crippen LogP contribution is 2.29. The maximum absolute atomic E-state index is 12.2. The number of amides is 1. The van der Waals surface area contributed by atoms with Crippen LogP contribution >= 0.6 is 11.8 Å². The number of aryl methyl sites for hydroxylation is 1. The van der Waals surface area contributed by atoms with Crippen LogP contribution in [0.3, 0.4) is 0 Å². The van der Waals surface area contributed by atoms with Crippen LogP contribution in [0.4, 0.5) is 5.82 Å². The molecule has 170 valence electrons. The second kappa shape index (κ2) is 10.7. The van der Waals surface area contributed by atoms with Crippen LogP contribution in [0, 0.1) is 6.92 Å². The number of hydrogen-bond acceptors (Lipinski definition) is 7. The van der Waals surface area contributed by atoms with Crippen molar-refractivity contribution in [3.63, 3.8) is 0 Å². The molecule has 8 nitrogen and oxygen atoms in total. The first kappa shape index (κ1) is 22.4. The monoisotopic (exact) mass is 454 g/mol. The highest BCUT2D eigenvalue weighted by molar-refractivity contribution is 7.99. The lowest BCUT2D eigenvalue weighted by atomic mass is 10.1. The van der Waals surface area contributed by atoms with Crippen LogP contribution in [0.5, 0.6) is 5.75 Å². The van der Waals surface area contributed by atoms with Crippen molar-refractivity contribution >= 4 is 34.5 Å². The van der Waals surface area contributed by atoms with E-state index in [2.05, 4.69) is 22.2 Å². The molecule has 0 radical (unpaired) electrons. The van der Waals surface area contributed by atoms with Crippen molar-refractivity contribution < 1.29 is 9.53 Å². The average molecular weight is 455 g/mol. The summed E-state index contributed by atoms with van der Waals surface area (Å²) in [5.74, 6) is 2.42. The first-order chi connectivity index (χ1) is 15.6. The summed E-state index contributed by atoms with van der Waals surface area (Å²) in [6, 6.07) is 7.65. The van der Waals surface area contributed by atoms with E-state index in [1.54, 1.807) is 11.8 Å². The molecule has 3 aromatic rings. The van der Waals surface area contributed by atoms with Crippen molar-refractivity contribution in [2.24, 2.45) is 0 Å². The number of ether oxygens (including phenoxy) is 1. The number of anilines is 1. The van der Waals surface area contributed by atoms with Crippen LogP contribution < -0.4 is 15.0 Å². The number of aromatic nitrogens is 4. The van der Waals surface area contributed by atoms with E-state index in [9.17, 15) is 4.79 Å². The molecule has 32 heavy (non-hydrogen) atoms. The second-order valence-corrected chi connectivity index (χ2v) is 9.10. The van der Waals surface area contributed by atoms with E-state index < -0.39 is 0 Å². The van der Waals surface area contributed by atoms with Crippen molar-refractivity contribution in [1.82, 2.24) is 25.1 Å². The first-order valence-electron chi connectivity index (χ1n) is 11.2. The van der Waals surface area contributed by atoms with E-state index in [4.69, 9.17) is 14.7 Å². The number of hydrogen-bond donors (Lipinski definition) is 1. The minimum Gasteiger partial charge on any atom is -0.484 e. The molecule has 1 aromatic carbocycles. The van der Waals surface area contributed by atoms with Crippen LogP contribution in [-0.2, 0) is 11.3 Å². The fourth-order valence-electron chi connectivity index (χ4n) is 3.76. The van der Waals surface area contributed by atoms with Gasteiger partial charge in [0.05, 0.1) is 18.1 Å². The maximum atomic E-state index is 12.2. The number of thioether (sulfide) groups is 1. The van der Waals surface area contributed by atoms with Crippen LogP contribution in [0.25, 0.3) is 11.0 Å². The Morgan fingerprint density at radius 3 is 2.69 bits per heavy atom. The minimum absolute atomic E-state index is 0.0124. The molecule has 1 aliphatic rings. The van der Waals surface area contributed by atoms with Crippen molar-refractivity contribution in [2.45, 2.75) is 44.8 Å². The number of piperidine rings is 1. The van der Waals surface area contributed by atoms with Gasteiger partial charge in [0, 0.05) is 19.6 Å². The Bertz CT molecular complexity index is 1050. The summed E-state index contributed by atoms with van der Waals surface area (Å²) in [7, 11) is 0. The molecular formula is C23H30N6O2S. The normalized spacial score (nSPS) is 14.0. The van der Waals surface area contributed by atoms with Gasteiger partial charge >= 0.3 is 0 Å². The lowest BCUT2D eigenvalue weighted by Crippen LogP contribution is -2.32. The predicted molar refractivity (Wildman–Crippen MR) is 127 cm³/mol. The molecule has 9 heteroatoms. The lowest BCUT2D eigenvalue weighted by molar-refractivity contribution is -0.123. The van der Waals surface area contributed by atoms with Crippen LogP contribution in [-0.4, -0.2) is 57.6 Å². The maximum Gasteiger partial charge on any atom is 0.258 e. The van der Waals surface area contributed by atoms with E-state index >= 15 is 0 Å². The molecule has 0 aliphatic carbocycles. The molecule has 4 rings (SSSR count). The topological polar surface area (TPSA) is 85.2 Å². The van der Waals surface area contributed by atoms with Gasteiger partial charge in [0.2, 0.25) is 0 Å². The number of rotatable bonds is 9. The number of benzene rings is 1. The van der Waals surface area contributed by atoms with Crippen molar-refractivity contribution in [2.75, 3.05) is 36.9 Å². The van der Waals surface area contributed by atoms with Crippen LogP contribution in [0.2, 0.25) is 0 Å². The Hall–Kier alpha value is -2.81. The van der Waals surface area contributed by atoms with E-state index in [-0.39, 0.29) is 12.5 Å². The summed E-state index contributed by atoms with van der Waals surface area (Å²) in [6.07, 6.45) is 5.50. The largest absolute Gasteiger partial charge is 0.484 e. The standard InChI is InChI=1S/C23H30N6O2S/c1-3-32-23-26-21(28-12-5-4-6-13-28)19-15-25-29(22(19)27-23)14-11-24-20(30)16-31-18-9-7-17(2)8-10-18/h7-10,15H,3-6,11-14,16H2,1-2H3,(H,24,30). The zero-order valence-electron chi connectivity index (χ0n) is 18.7. The Morgan fingerprint density at radius 1 is 1.16 bits per heavy atom. The van der Waals surface area contributed by atoms with Gasteiger partial charge in [0.25, 0.3) is 5.91 Å². The summed E-state index contributed by atoms with van der Waals surface area (Å²) in [5, 5.41) is 9.20. The zero-order chi connectivity index (χ0) is 22.3. The smallest absolute Gasteiger partial charge is 0.258 e. The summed E-state index contributed by atoms with van der Waals surface area (Å²) in [6.45, 7) is 7.12. The second-order valence-electron chi connectivity index (χ2n) is 7.87. The summed E-state index contributed by atoms with van der Waals surface area (Å²) >= 11 is 1.64. The third-order valence-electron chi connectivity index (χ3n) is 5.42. The molecular weight excluding hydrogens is 424 g/mol. The SMILES string of the molecule is CCSc1nc(N2CCCCC2)c2cnn(CCNC(=O)COc3ccc(C)cc3)c2n1. The van der Waals surface area contributed by atoms with Crippen molar-refractivity contribution in [3.05, 3.63) is 36.0 Å². The van der Waals surface area contributed by atoms with Gasteiger partial charge in [0.1, 0.15) is 11.6 Å². The van der Waals surface area contributed by atoms with Crippen LogP contribution in [0.15, 0.2) is 35.6 Å². The van der Waals surface area contributed by atoms with Crippen molar-refractivity contribution in [1.29, 1.82) is 0 Å². The van der Waals surface area contributed by atoms with Gasteiger partial charge in [-0.3, -0.25) is 4.79 Å². The van der Waals surface area contributed by atoms with Crippen molar-refractivity contribution in [3.8, 4) is 5.75 Å². The fraction of sp³-hybridized carbons (Fsp3) is 0.478. The van der Waals surface area contributed by atoms with Crippen LogP contribution in [0.1, 0.15) is 31.7 Å². The molecule has 2 aromatic heterocycles. The molecule has 1 N–H and O–H groups in total. The van der Waals surface area contributed by atoms with E-state index in [1.165, 1.54) is 19.3 Å². The summed E-state index contributed by atoms with van der Waals surface area (Å²) in [5.41, 5.74) is 1.97. The number of fused-ring (bicyclic) bond motifs is 1. The number of carbonyl (C=O) groups excluding carboxylic acids is 1. The molecule has 3 heterocycles. The molecule has 0 atom stereocenters. The van der Waals surface area contributed by atoms with Gasteiger partial charge in [0.15, 0.2) is 17.4 Å². The summed E-state index contributed by atoms with van der Waals surface area (Å²) in [4.78, 5) is 24.1. The molecule has 0 spiro atoms. The fourth-order valence-corrected chi connectivity index (χ4v) is 4.32. The Labute approximate surface area is 192 Å². The van der Waals surface area contributed by atoms with Gasteiger partial charge in [-0.2, -0.15) is 5.10 Å². The van der Waals surface area contributed by atoms with Gasteiger partial charge in [-0.05, 0) is 44.1 Å². The quantitative estimate of drug-likeness (QED) is 0.392. The van der Waals surface area contributed by atoms with Gasteiger partial charge in [-0.15, -0.1) is 0 Å². The lowest BCUT2D eigenvalue weighted by Gasteiger charge is -2.28. The molecule has 0 unspecified atom stereocenters. The molecule has 0 bridgehead atoms. The molecule has 0 saturated carbocycles. The van der Waals surface area contributed by atoms with E-state index in [1.807, 2.05) is 42.1 Å². The number of nitrogens with one attached hydrogen (secondary N) is 1. The molecule has 1 saturated heterocycles. The third-order valence-corrected chi connectivity index (χ3v) is 6.15.